The molecule has 4 heterocycles. The van der Waals surface area contributed by atoms with Gasteiger partial charge < -0.3 is 41.3 Å². The highest BCUT2D eigenvalue weighted by Gasteiger charge is 2.47. The van der Waals surface area contributed by atoms with Gasteiger partial charge in [0.05, 0.1) is 19.0 Å². The second-order valence-electron chi connectivity index (χ2n) is 14.2. The van der Waals surface area contributed by atoms with Crippen LogP contribution in [0.25, 0.3) is 11.2 Å². The number of aliphatic hydroxyl groups excluding tert-OH is 3. The Morgan fingerprint density at radius 3 is 2.23 bits per heavy atom. The summed E-state index contributed by atoms with van der Waals surface area (Å²) in [5.41, 5.74) is 4.01. The Hall–Kier alpha value is -5.45. The molecule has 0 radical (unpaired) electrons. The van der Waals surface area contributed by atoms with Crippen molar-refractivity contribution in [3.05, 3.63) is 120 Å². The van der Waals surface area contributed by atoms with Crippen LogP contribution in [0.15, 0.2) is 97.3 Å². The molecular formula is C41H49N9O6. The van der Waals surface area contributed by atoms with Crippen molar-refractivity contribution in [2.24, 2.45) is 0 Å². The van der Waals surface area contributed by atoms with Crippen LogP contribution in [0.5, 0.6) is 0 Å². The summed E-state index contributed by atoms with van der Waals surface area (Å²) in [4.78, 5) is 42.3. The van der Waals surface area contributed by atoms with E-state index in [2.05, 4.69) is 67.5 Å². The molecule has 2 aliphatic rings. The summed E-state index contributed by atoms with van der Waals surface area (Å²) in [6, 6.07) is 29.9. The summed E-state index contributed by atoms with van der Waals surface area (Å²) in [6.45, 7) is 4.23. The van der Waals surface area contributed by atoms with E-state index in [4.69, 9.17) is 14.7 Å². The maximum Gasteiger partial charge on any atom is 0.315 e. The van der Waals surface area contributed by atoms with Crippen molar-refractivity contribution in [3.63, 3.8) is 0 Å². The van der Waals surface area contributed by atoms with Crippen LogP contribution >= 0.6 is 0 Å². The zero-order valence-electron chi connectivity index (χ0n) is 31.2. The third-order valence-electron chi connectivity index (χ3n) is 10.4. The third-order valence-corrected chi connectivity index (χ3v) is 10.4. The highest BCUT2D eigenvalue weighted by atomic mass is 16.6. The number of hydrogen-bond acceptors (Lipinski definition) is 11. The first-order valence-corrected chi connectivity index (χ1v) is 19.1. The summed E-state index contributed by atoms with van der Waals surface area (Å²) in [5.74, 6) is 0.0473. The Morgan fingerprint density at radius 2 is 1.55 bits per heavy atom. The fraction of sp³-hybridized carbons (Fsp3) is 0.390. The second kappa shape index (κ2) is 18.0. The van der Waals surface area contributed by atoms with Crippen LogP contribution in [-0.2, 0) is 22.6 Å². The lowest BCUT2D eigenvalue weighted by Crippen LogP contribution is -2.50. The van der Waals surface area contributed by atoms with Crippen molar-refractivity contribution in [1.82, 2.24) is 40.4 Å². The summed E-state index contributed by atoms with van der Waals surface area (Å²) < 4.78 is 7.39. The SMILES string of the molecule is CCNC(=O)[C@H]1O[C@@H](n2cnc3c(NCC(c4ccccc4)c4ccccc4)nc(CNC(=O)NCC4CC(O)CCN4Cc4ccccc4)nc32)[C@H](O)[C@@H]1O. The van der Waals surface area contributed by atoms with E-state index in [1.807, 2.05) is 54.6 Å². The minimum absolute atomic E-state index is 0.0513. The zero-order valence-corrected chi connectivity index (χ0v) is 31.2. The molecule has 7 N–H and O–H groups in total. The van der Waals surface area contributed by atoms with Gasteiger partial charge in [-0.1, -0.05) is 91.0 Å². The van der Waals surface area contributed by atoms with E-state index in [0.29, 0.717) is 50.4 Å². The molecule has 2 unspecified atom stereocenters. The number of urea groups is 1. The van der Waals surface area contributed by atoms with Crippen LogP contribution in [0.1, 0.15) is 54.4 Å². The van der Waals surface area contributed by atoms with E-state index in [-0.39, 0.29) is 30.0 Å². The normalized spacial score (nSPS) is 22.6. The molecule has 7 rings (SSSR count). The third kappa shape index (κ3) is 8.98. The number of amides is 3. The van der Waals surface area contributed by atoms with E-state index in [0.717, 1.165) is 23.2 Å². The van der Waals surface area contributed by atoms with Gasteiger partial charge in [-0.2, -0.15) is 0 Å². The average Bonchev–Trinajstić information content (AvgIpc) is 3.78. The van der Waals surface area contributed by atoms with Gasteiger partial charge in [0.15, 0.2) is 35.1 Å². The van der Waals surface area contributed by atoms with Crippen molar-refractivity contribution in [2.45, 2.75) is 75.5 Å². The Labute approximate surface area is 325 Å². The molecule has 15 heteroatoms. The summed E-state index contributed by atoms with van der Waals surface area (Å²) in [5, 5.41) is 44.2. The lowest BCUT2D eigenvalue weighted by atomic mass is 9.91. The number of fused-ring (bicyclic) bond motifs is 1. The molecule has 2 saturated heterocycles. The highest BCUT2D eigenvalue weighted by Crippen LogP contribution is 2.33. The van der Waals surface area contributed by atoms with Gasteiger partial charge in [-0.25, -0.2) is 19.7 Å². The summed E-state index contributed by atoms with van der Waals surface area (Å²) in [7, 11) is 0. The molecule has 6 atom stereocenters. The fourth-order valence-corrected chi connectivity index (χ4v) is 7.48. The number of anilines is 1. The smallest absolute Gasteiger partial charge is 0.315 e. The molecule has 0 spiro atoms. The summed E-state index contributed by atoms with van der Waals surface area (Å²) >= 11 is 0. The predicted octanol–water partition coefficient (Wildman–Crippen LogP) is 2.65. The first-order valence-electron chi connectivity index (χ1n) is 19.1. The average molecular weight is 764 g/mol. The molecule has 294 valence electrons. The number of hydrogen-bond donors (Lipinski definition) is 7. The van der Waals surface area contributed by atoms with Gasteiger partial charge in [0.25, 0.3) is 5.91 Å². The minimum atomic E-state index is -1.49. The minimum Gasteiger partial charge on any atom is -0.393 e. The second-order valence-corrected chi connectivity index (χ2v) is 14.2. The molecule has 0 aliphatic carbocycles. The number of likely N-dealkylation sites (tertiary alicyclic amines) is 1. The number of piperidine rings is 1. The van der Waals surface area contributed by atoms with E-state index >= 15 is 0 Å². The number of imidazole rings is 1. The zero-order chi connectivity index (χ0) is 39.0. The molecule has 0 bridgehead atoms. The van der Waals surface area contributed by atoms with Gasteiger partial charge >= 0.3 is 6.03 Å². The molecule has 2 fully saturated rings. The molecule has 56 heavy (non-hydrogen) atoms. The van der Waals surface area contributed by atoms with Crippen molar-refractivity contribution in [3.8, 4) is 0 Å². The van der Waals surface area contributed by atoms with Crippen LogP contribution in [0.4, 0.5) is 10.6 Å². The first-order chi connectivity index (χ1) is 27.3. The maximum absolute atomic E-state index is 13.2. The number of rotatable bonds is 14. The van der Waals surface area contributed by atoms with E-state index < -0.39 is 42.6 Å². The fourth-order valence-electron chi connectivity index (χ4n) is 7.48. The van der Waals surface area contributed by atoms with Crippen molar-refractivity contribution in [1.29, 1.82) is 0 Å². The molecule has 3 aromatic carbocycles. The molecular weight excluding hydrogens is 715 g/mol. The van der Waals surface area contributed by atoms with E-state index in [1.165, 1.54) is 10.9 Å². The van der Waals surface area contributed by atoms with Crippen LogP contribution in [0.2, 0.25) is 0 Å². The number of carbonyl (C=O) groups is 2. The van der Waals surface area contributed by atoms with Gasteiger partial charge in [-0.3, -0.25) is 14.3 Å². The lowest BCUT2D eigenvalue weighted by molar-refractivity contribution is -0.137. The summed E-state index contributed by atoms with van der Waals surface area (Å²) in [6.07, 6.45) is -3.21. The maximum atomic E-state index is 13.2. The van der Waals surface area contributed by atoms with Crippen LogP contribution in [0.3, 0.4) is 0 Å². The molecule has 5 aromatic rings. The van der Waals surface area contributed by atoms with Crippen LogP contribution in [0, 0.1) is 0 Å². The van der Waals surface area contributed by atoms with E-state index in [9.17, 15) is 24.9 Å². The van der Waals surface area contributed by atoms with Gasteiger partial charge in [-0.15, -0.1) is 0 Å². The highest BCUT2D eigenvalue weighted by molar-refractivity contribution is 5.84. The number of nitrogens with one attached hydrogen (secondary N) is 4. The van der Waals surface area contributed by atoms with Crippen LogP contribution in [-0.4, -0.2) is 108 Å². The predicted molar refractivity (Wildman–Crippen MR) is 209 cm³/mol. The Bertz CT molecular complexity index is 2020. The standard InChI is InChI=1S/C41H49N9O6/c1-2-42-39(54)36-34(52)35(53)40(56-36)50-25-46-33-37(43-22-31(27-14-8-4-9-15-27)28-16-10-5-11-17-28)47-32(48-38(33)50)23-45-41(55)44-21-29-20-30(51)18-19-49(29)24-26-12-6-3-7-13-26/h3-17,25,29-31,34-36,40,51-53H,2,18-24H2,1H3,(H,42,54)(H,43,47,48)(H2,44,45,55)/t29?,30?,34-,35+,36-,40+/m0/s1. The Kier molecular flexibility index (Phi) is 12.5. The van der Waals surface area contributed by atoms with Gasteiger partial charge in [0.2, 0.25) is 0 Å². The molecule has 2 aliphatic heterocycles. The van der Waals surface area contributed by atoms with Crippen molar-refractivity contribution >= 4 is 28.9 Å². The van der Waals surface area contributed by atoms with Gasteiger partial charge in [-0.05, 0) is 36.5 Å². The number of nitrogens with zero attached hydrogens (tertiary/aromatic N) is 5. The topological polar surface area (TPSA) is 199 Å². The largest absolute Gasteiger partial charge is 0.393 e. The molecule has 15 nitrogen and oxygen atoms in total. The molecule has 0 saturated carbocycles. The monoisotopic (exact) mass is 763 g/mol. The van der Waals surface area contributed by atoms with Crippen LogP contribution < -0.4 is 21.3 Å². The number of ether oxygens (including phenoxy) is 1. The number of likely N-dealkylation sites (N-methyl/N-ethyl adjacent to an activating group) is 1. The van der Waals surface area contributed by atoms with Gasteiger partial charge in [0, 0.05) is 44.7 Å². The van der Waals surface area contributed by atoms with Crippen molar-refractivity contribution < 1.29 is 29.6 Å². The number of carbonyl (C=O) groups excluding carboxylic acids is 2. The quantitative estimate of drug-likeness (QED) is 0.0878. The lowest BCUT2D eigenvalue weighted by Gasteiger charge is -2.38. The number of aromatic nitrogens is 4. The number of aliphatic hydroxyl groups is 3. The first kappa shape index (κ1) is 38.8. The number of benzene rings is 3. The van der Waals surface area contributed by atoms with Crippen molar-refractivity contribution in [2.75, 3.05) is 31.5 Å². The molecule has 3 amide bonds. The Balaban J connectivity index is 1.12. The molecule has 2 aromatic heterocycles. The van der Waals surface area contributed by atoms with Gasteiger partial charge in [0.1, 0.15) is 12.2 Å². The Morgan fingerprint density at radius 1 is 0.875 bits per heavy atom. The van der Waals surface area contributed by atoms with E-state index in [1.54, 1.807) is 6.92 Å².